The molecule has 4 nitrogen and oxygen atoms in total. The molecule has 0 aliphatic carbocycles. The number of pyridine rings is 1. The van der Waals surface area contributed by atoms with Crippen LogP contribution in [0, 0.1) is 0 Å². The highest BCUT2D eigenvalue weighted by molar-refractivity contribution is 9.10. The number of amides is 1. The van der Waals surface area contributed by atoms with Crippen molar-refractivity contribution in [3.63, 3.8) is 0 Å². The standard InChI is InChI=1S/C12H9BrN2O2/c13-10-7-14-6-9(11(10)15-12(16)17)8-4-2-1-3-5-8/h1-7H,(H,14,15)(H,16,17). The third kappa shape index (κ3) is 2.62. The van der Waals surface area contributed by atoms with Crippen LogP contribution in [0.4, 0.5) is 10.5 Å². The van der Waals surface area contributed by atoms with Crippen LogP contribution in [0.25, 0.3) is 11.1 Å². The molecule has 0 aliphatic heterocycles. The molecule has 0 saturated carbocycles. The maximum absolute atomic E-state index is 10.8. The van der Waals surface area contributed by atoms with E-state index in [2.05, 4.69) is 26.2 Å². The number of nitrogens with zero attached hydrogens (tertiary/aromatic N) is 1. The van der Waals surface area contributed by atoms with Crippen molar-refractivity contribution in [2.75, 3.05) is 5.32 Å². The van der Waals surface area contributed by atoms with E-state index in [0.29, 0.717) is 10.2 Å². The molecule has 0 unspecified atom stereocenters. The van der Waals surface area contributed by atoms with Gasteiger partial charge in [0.05, 0.1) is 10.2 Å². The van der Waals surface area contributed by atoms with Crippen LogP contribution >= 0.6 is 15.9 Å². The second kappa shape index (κ2) is 4.97. The summed E-state index contributed by atoms with van der Waals surface area (Å²) >= 11 is 3.28. The minimum absolute atomic E-state index is 0.499. The summed E-state index contributed by atoms with van der Waals surface area (Å²) in [6.07, 6.45) is 2.08. The summed E-state index contributed by atoms with van der Waals surface area (Å²) < 4.78 is 0.612. The molecule has 86 valence electrons. The topological polar surface area (TPSA) is 62.2 Å². The highest BCUT2D eigenvalue weighted by Gasteiger charge is 2.11. The van der Waals surface area contributed by atoms with Crippen LogP contribution in [-0.2, 0) is 0 Å². The molecule has 2 aromatic rings. The van der Waals surface area contributed by atoms with Gasteiger partial charge in [-0.25, -0.2) is 4.79 Å². The SMILES string of the molecule is O=C(O)Nc1c(Br)cncc1-c1ccccc1. The van der Waals surface area contributed by atoms with Crippen molar-refractivity contribution in [2.45, 2.75) is 0 Å². The molecule has 0 fully saturated rings. The molecule has 1 aromatic heterocycles. The maximum Gasteiger partial charge on any atom is 0.409 e. The molecule has 0 spiro atoms. The lowest BCUT2D eigenvalue weighted by atomic mass is 10.1. The minimum Gasteiger partial charge on any atom is -0.465 e. The van der Waals surface area contributed by atoms with Crippen molar-refractivity contribution in [1.29, 1.82) is 0 Å². The van der Waals surface area contributed by atoms with Gasteiger partial charge in [0.15, 0.2) is 0 Å². The Morgan fingerprint density at radius 3 is 2.59 bits per heavy atom. The lowest BCUT2D eigenvalue weighted by Gasteiger charge is -2.10. The van der Waals surface area contributed by atoms with E-state index in [1.807, 2.05) is 30.3 Å². The third-order valence-corrected chi connectivity index (χ3v) is 2.82. The largest absolute Gasteiger partial charge is 0.465 e. The van der Waals surface area contributed by atoms with Crippen LogP contribution in [0.1, 0.15) is 0 Å². The van der Waals surface area contributed by atoms with Crippen LogP contribution < -0.4 is 5.32 Å². The number of carboxylic acid groups (broad SMARTS) is 1. The molecule has 2 N–H and O–H groups in total. The van der Waals surface area contributed by atoms with Gasteiger partial charge in [-0.2, -0.15) is 0 Å². The number of carbonyl (C=O) groups is 1. The summed E-state index contributed by atoms with van der Waals surface area (Å²) in [5.41, 5.74) is 2.14. The maximum atomic E-state index is 10.8. The first-order valence-corrected chi connectivity index (χ1v) is 5.66. The quantitative estimate of drug-likeness (QED) is 0.889. The van der Waals surface area contributed by atoms with Crippen LogP contribution in [0.15, 0.2) is 47.2 Å². The van der Waals surface area contributed by atoms with Gasteiger partial charge in [0.2, 0.25) is 0 Å². The zero-order valence-corrected chi connectivity index (χ0v) is 10.3. The zero-order valence-electron chi connectivity index (χ0n) is 8.72. The summed E-state index contributed by atoms with van der Waals surface area (Å²) in [4.78, 5) is 14.8. The van der Waals surface area contributed by atoms with Gasteiger partial charge in [-0.15, -0.1) is 0 Å². The third-order valence-electron chi connectivity index (χ3n) is 2.22. The highest BCUT2D eigenvalue weighted by atomic mass is 79.9. The van der Waals surface area contributed by atoms with E-state index in [1.54, 1.807) is 12.4 Å². The van der Waals surface area contributed by atoms with Gasteiger partial charge in [-0.05, 0) is 21.5 Å². The van der Waals surface area contributed by atoms with Crippen molar-refractivity contribution < 1.29 is 9.90 Å². The minimum atomic E-state index is -1.10. The monoisotopic (exact) mass is 292 g/mol. The summed E-state index contributed by atoms with van der Waals surface area (Å²) in [6.45, 7) is 0. The Labute approximate surface area is 106 Å². The highest BCUT2D eigenvalue weighted by Crippen LogP contribution is 2.32. The number of anilines is 1. The molecule has 0 atom stereocenters. The van der Waals surface area contributed by atoms with Gasteiger partial charge in [0.25, 0.3) is 0 Å². The Hall–Kier alpha value is -1.88. The van der Waals surface area contributed by atoms with E-state index in [4.69, 9.17) is 5.11 Å². The number of aromatic nitrogens is 1. The fourth-order valence-corrected chi connectivity index (χ4v) is 1.94. The van der Waals surface area contributed by atoms with Crippen molar-refractivity contribution >= 4 is 27.7 Å². The Kier molecular flexibility index (Phi) is 3.39. The lowest BCUT2D eigenvalue weighted by molar-refractivity contribution is 0.209. The lowest BCUT2D eigenvalue weighted by Crippen LogP contribution is -2.09. The van der Waals surface area contributed by atoms with E-state index >= 15 is 0 Å². The predicted molar refractivity (Wildman–Crippen MR) is 69.0 cm³/mol. The number of nitrogens with one attached hydrogen (secondary N) is 1. The first kappa shape index (κ1) is 11.6. The number of hydrogen-bond donors (Lipinski definition) is 2. The Balaban J connectivity index is 2.54. The van der Waals surface area contributed by atoms with E-state index in [0.717, 1.165) is 11.1 Å². The summed E-state index contributed by atoms with van der Waals surface area (Å²) in [5, 5.41) is 11.2. The van der Waals surface area contributed by atoms with Crippen molar-refractivity contribution in [1.82, 2.24) is 4.98 Å². The molecular formula is C12H9BrN2O2. The van der Waals surface area contributed by atoms with Gasteiger partial charge in [0, 0.05) is 18.0 Å². The van der Waals surface area contributed by atoms with Gasteiger partial charge in [0.1, 0.15) is 0 Å². The summed E-state index contributed by atoms with van der Waals surface area (Å²) in [6, 6.07) is 9.48. The molecule has 0 bridgehead atoms. The molecule has 1 amide bonds. The molecule has 1 aromatic carbocycles. The number of rotatable bonds is 2. The molecule has 0 radical (unpaired) electrons. The molecular weight excluding hydrogens is 284 g/mol. The van der Waals surface area contributed by atoms with E-state index in [-0.39, 0.29) is 0 Å². The number of halogens is 1. The molecule has 17 heavy (non-hydrogen) atoms. The molecule has 0 saturated heterocycles. The second-order valence-electron chi connectivity index (χ2n) is 3.34. The fraction of sp³-hybridized carbons (Fsp3) is 0. The predicted octanol–water partition coefficient (Wildman–Crippen LogP) is 3.60. The molecule has 0 aliphatic rings. The molecule has 5 heteroatoms. The summed E-state index contributed by atoms with van der Waals surface area (Å²) in [5.74, 6) is 0. The Bertz CT molecular complexity index is 543. The van der Waals surface area contributed by atoms with Crippen LogP contribution in [0.2, 0.25) is 0 Å². The first-order valence-electron chi connectivity index (χ1n) is 4.87. The first-order chi connectivity index (χ1) is 8.18. The zero-order chi connectivity index (χ0) is 12.3. The van der Waals surface area contributed by atoms with E-state index < -0.39 is 6.09 Å². The molecule has 1 heterocycles. The van der Waals surface area contributed by atoms with Gasteiger partial charge < -0.3 is 5.11 Å². The van der Waals surface area contributed by atoms with Crippen LogP contribution in [-0.4, -0.2) is 16.2 Å². The Morgan fingerprint density at radius 2 is 1.94 bits per heavy atom. The average Bonchev–Trinajstić information content (AvgIpc) is 2.32. The Morgan fingerprint density at radius 1 is 1.24 bits per heavy atom. The number of benzene rings is 1. The smallest absolute Gasteiger partial charge is 0.409 e. The second-order valence-corrected chi connectivity index (χ2v) is 4.19. The number of hydrogen-bond acceptors (Lipinski definition) is 2. The van der Waals surface area contributed by atoms with E-state index in [9.17, 15) is 4.79 Å². The van der Waals surface area contributed by atoms with E-state index in [1.165, 1.54) is 0 Å². The van der Waals surface area contributed by atoms with Crippen molar-refractivity contribution in [3.05, 3.63) is 47.2 Å². The van der Waals surface area contributed by atoms with Crippen molar-refractivity contribution in [2.24, 2.45) is 0 Å². The van der Waals surface area contributed by atoms with Gasteiger partial charge in [-0.3, -0.25) is 10.3 Å². The van der Waals surface area contributed by atoms with Crippen molar-refractivity contribution in [3.8, 4) is 11.1 Å². The molecule has 2 rings (SSSR count). The van der Waals surface area contributed by atoms with Gasteiger partial charge in [-0.1, -0.05) is 30.3 Å². The normalized spacial score (nSPS) is 9.94. The summed E-state index contributed by atoms with van der Waals surface area (Å²) in [7, 11) is 0. The fourth-order valence-electron chi connectivity index (χ4n) is 1.51. The average molecular weight is 293 g/mol. The van der Waals surface area contributed by atoms with Crippen LogP contribution in [0.5, 0.6) is 0 Å². The van der Waals surface area contributed by atoms with Crippen LogP contribution in [0.3, 0.4) is 0 Å². The van der Waals surface area contributed by atoms with Gasteiger partial charge >= 0.3 is 6.09 Å².